The molecule has 1 saturated carbocycles. The zero-order valence-electron chi connectivity index (χ0n) is 14.0. The average molecular weight is 349 g/mol. The van der Waals surface area contributed by atoms with E-state index in [1.807, 2.05) is 0 Å². The number of hydrogen-bond acceptors (Lipinski definition) is 9. The Hall–Kier alpha value is -2.30. The Morgan fingerprint density at radius 3 is 2.76 bits per heavy atom. The molecule has 1 aliphatic carbocycles. The monoisotopic (exact) mass is 349 g/mol. The van der Waals surface area contributed by atoms with Gasteiger partial charge in [-0.3, -0.25) is 9.36 Å². The summed E-state index contributed by atoms with van der Waals surface area (Å²) in [7, 11) is 0. The fourth-order valence-corrected chi connectivity index (χ4v) is 4.06. The van der Waals surface area contributed by atoms with Gasteiger partial charge in [0, 0.05) is 12.3 Å². The second-order valence-electron chi connectivity index (χ2n) is 7.02. The van der Waals surface area contributed by atoms with Crippen molar-refractivity contribution in [2.75, 3.05) is 12.3 Å². The summed E-state index contributed by atoms with van der Waals surface area (Å²) in [5, 5.41) is 22.3. The van der Waals surface area contributed by atoms with Gasteiger partial charge in [-0.1, -0.05) is 13.8 Å². The summed E-state index contributed by atoms with van der Waals surface area (Å²) in [5.74, 6) is -0.290. The van der Waals surface area contributed by atoms with Gasteiger partial charge in [0.1, 0.15) is 35.8 Å². The summed E-state index contributed by atoms with van der Waals surface area (Å²) < 4.78 is 12.4. The molecule has 134 valence electrons. The van der Waals surface area contributed by atoms with Crippen molar-refractivity contribution in [3.05, 3.63) is 12.7 Å². The predicted molar refractivity (Wildman–Crippen MR) is 84.0 cm³/mol. The van der Waals surface area contributed by atoms with Gasteiger partial charge in [0.2, 0.25) is 0 Å². The number of rotatable bonds is 3. The minimum atomic E-state index is -1.60. The highest BCUT2D eigenvalue weighted by molar-refractivity contribution is 5.81. The van der Waals surface area contributed by atoms with Crippen LogP contribution < -0.4 is 5.73 Å². The van der Waals surface area contributed by atoms with Crippen LogP contribution in [0.15, 0.2) is 12.7 Å². The topological polar surface area (TPSA) is 146 Å². The van der Waals surface area contributed by atoms with Gasteiger partial charge in [-0.2, -0.15) is 0 Å². The zero-order valence-corrected chi connectivity index (χ0v) is 14.0. The number of nitrogens with zero attached hydrogens (tertiary/aromatic N) is 4. The van der Waals surface area contributed by atoms with E-state index >= 15 is 0 Å². The Morgan fingerprint density at radius 2 is 2.08 bits per heavy atom. The number of aliphatic hydroxyl groups is 2. The van der Waals surface area contributed by atoms with Crippen LogP contribution in [0, 0.1) is 5.41 Å². The first kappa shape index (κ1) is 16.2. The Bertz CT molecular complexity index is 882. The number of aromatic nitrogens is 4. The summed E-state index contributed by atoms with van der Waals surface area (Å²) in [6.45, 7) is 4.55. The van der Waals surface area contributed by atoms with E-state index in [9.17, 15) is 15.0 Å². The number of esters is 1. The molecular weight excluding hydrogens is 330 g/mol. The molecule has 2 aromatic heterocycles. The normalized spacial score (nSPS) is 35.6. The van der Waals surface area contributed by atoms with E-state index in [0.29, 0.717) is 11.2 Å². The molecule has 10 heteroatoms. The van der Waals surface area contributed by atoms with Gasteiger partial charge in [0.25, 0.3) is 0 Å². The summed E-state index contributed by atoms with van der Waals surface area (Å²) in [5.41, 5.74) is 2.49. The summed E-state index contributed by atoms with van der Waals surface area (Å²) in [6.07, 6.45) is 0.863. The standard InChI is InChI=1S/C15H19N5O5/c1-7(21)24-4-8-14(22)13(2,3)15(14,23)12(25-8)20-6-19-9-10(16)17-5-18-11(9)20/h5-6,8,12,22-23H,4H2,1-3H3,(H2,16,17,18). The number of carbonyl (C=O) groups excluding carboxylic acids is 1. The lowest BCUT2D eigenvalue weighted by Crippen LogP contribution is -2.37. The van der Waals surface area contributed by atoms with Gasteiger partial charge in [-0.15, -0.1) is 0 Å². The van der Waals surface area contributed by atoms with Crippen molar-refractivity contribution in [1.29, 1.82) is 0 Å². The Kier molecular flexibility index (Phi) is 3.01. The number of hydrogen-bond donors (Lipinski definition) is 3. The van der Waals surface area contributed by atoms with Crippen molar-refractivity contribution in [2.24, 2.45) is 5.41 Å². The van der Waals surface area contributed by atoms with Gasteiger partial charge < -0.3 is 25.4 Å². The minimum Gasteiger partial charge on any atom is -0.463 e. The maximum Gasteiger partial charge on any atom is 0.302 e. The van der Waals surface area contributed by atoms with Crippen molar-refractivity contribution >= 4 is 23.0 Å². The van der Waals surface area contributed by atoms with E-state index in [1.165, 1.54) is 24.1 Å². The molecule has 0 radical (unpaired) electrons. The van der Waals surface area contributed by atoms with Crippen molar-refractivity contribution in [2.45, 2.75) is 44.3 Å². The maximum absolute atomic E-state index is 11.2. The van der Waals surface area contributed by atoms with Crippen LogP contribution in [0.3, 0.4) is 0 Å². The van der Waals surface area contributed by atoms with Crippen LogP contribution in [-0.2, 0) is 14.3 Å². The third kappa shape index (κ3) is 1.68. The number of nitrogen functional groups attached to an aromatic ring is 1. The molecular formula is C15H19N5O5. The molecule has 4 rings (SSSR count). The van der Waals surface area contributed by atoms with Gasteiger partial charge in [0.15, 0.2) is 17.7 Å². The molecule has 4 N–H and O–H groups in total. The first-order chi connectivity index (χ1) is 11.7. The van der Waals surface area contributed by atoms with E-state index in [2.05, 4.69) is 15.0 Å². The second-order valence-corrected chi connectivity index (χ2v) is 7.02. The number of ether oxygens (including phenoxy) is 2. The molecule has 3 heterocycles. The molecule has 2 fully saturated rings. The Morgan fingerprint density at radius 1 is 1.36 bits per heavy atom. The third-order valence-corrected chi connectivity index (χ3v) is 5.62. The van der Waals surface area contributed by atoms with Crippen LogP contribution in [0.25, 0.3) is 11.2 Å². The van der Waals surface area contributed by atoms with Gasteiger partial charge in [-0.05, 0) is 0 Å². The van der Waals surface area contributed by atoms with Gasteiger partial charge in [0.05, 0.1) is 6.33 Å². The van der Waals surface area contributed by atoms with E-state index in [0.717, 1.165) is 0 Å². The molecule has 4 unspecified atom stereocenters. The van der Waals surface area contributed by atoms with E-state index in [4.69, 9.17) is 15.2 Å². The SMILES string of the molecule is CC(=O)OCC1OC(n2cnc3c(N)ncnc32)C2(O)C(C)(C)C12O. The second kappa shape index (κ2) is 4.65. The average Bonchev–Trinajstić information content (AvgIpc) is 2.92. The van der Waals surface area contributed by atoms with Gasteiger partial charge in [-0.25, -0.2) is 15.0 Å². The molecule has 0 aromatic carbocycles. The van der Waals surface area contributed by atoms with Crippen LogP contribution in [-0.4, -0.2) is 59.6 Å². The molecule has 1 saturated heterocycles. The largest absolute Gasteiger partial charge is 0.463 e. The van der Waals surface area contributed by atoms with Crippen LogP contribution in [0.1, 0.15) is 27.0 Å². The first-order valence-corrected chi connectivity index (χ1v) is 7.83. The summed E-state index contributed by atoms with van der Waals surface area (Å²) in [4.78, 5) is 23.3. The molecule has 1 aliphatic heterocycles. The maximum atomic E-state index is 11.2. The lowest BCUT2D eigenvalue weighted by molar-refractivity contribution is -0.156. The lowest BCUT2D eigenvalue weighted by Gasteiger charge is -2.27. The quantitative estimate of drug-likeness (QED) is 0.616. The highest BCUT2D eigenvalue weighted by atomic mass is 16.6. The Balaban J connectivity index is 1.78. The van der Waals surface area contributed by atoms with Crippen molar-refractivity contribution in [3.63, 3.8) is 0 Å². The summed E-state index contributed by atoms with van der Waals surface area (Å²) >= 11 is 0. The Labute approximate surface area is 142 Å². The third-order valence-electron chi connectivity index (χ3n) is 5.62. The molecule has 4 atom stereocenters. The molecule has 2 aromatic rings. The molecule has 0 spiro atoms. The van der Waals surface area contributed by atoms with Crippen LogP contribution >= 0.6 is 0 Å². The summed E-state index contributed by atoms with van der Waals surface area (Å²) in [6, 6.07) is 0. The highest BCUT2D eigenvalue weighted by Crippen LogP contribution is 2.75. The van der Waals surface area contributed by atoms with E-state index in [1.54, 1.807) is 13.8 Å². The fourth-order valence-electron chi connectivity index (χ4n) is 4.06. The predicted octanol–water partition coefficient (Wildman–Crippen LogP) is -0.629. The van der Waals surface area contributed by atoms with Gasteiger partial charge >= 0.3 is 5.97 Å². The van der Waals surface area contributed by atoms with Crippen molar-refractivity contribution < 1.29 is 24.5 Å². The van der Waals surface area contributed by atoms with Crippen molar-refractivity contribution in [3.8, 4) is 0 Å². The van der Waals surface area contributed by atoms with Crippen LogP contribution in [0.5, 0.6) is 0 Å². The van der Waals surface area contributed by atoms with E-state index in [-0.39, 0.29) is 12.4 Å². The number of nitrogens with two attached hydrogens (primary N) is 1. The minimum absolute atomic E-state index is 0.169. The van der Waals surface area contributed by atoms with Crippen molar-refractivity contribution in [1.82, 2.24) is 19.5 Å². The lowest BCUT2D eigenvalue weighted by atomic mass is 10.0. The van der Waals surface area contributed by atoms with Crippen LogP contribution in [0.4, 0.5) is 5.82 Å². The fraction of sp³-hybridized carbons (Fsp3) is 0.600. The highest BCUT2D eigenvalue weighted by Gasteiger charge is 2.92. The van der Waals surface area contributed by atoms with Crippen LogP contribution in [0.2, 0.25) is 0 Å². The molecule has 0 bridgehead atoms. The molecule has 0 amide bonds. The number of anilines is 1. The molecule has 2 aliphatic rings. The first-order valence-electron chi connectivity index (χ1n) is 7.83. The number of fused-ring (bicyclic) bond motifs is 2. The smallest absolute Gasteiger partial charge is 0.302 e. The van der Waals surface area contributed by atoms with E-state index < -0.39 is 34.9 Å². The number of imidazole rings is 1. The zero-order chi connectivity index (χ0) is 18.2. The molecule has 25 heavy (non-hydrogen) atoms. The molecule has 10 nitrogen and oxygen atoms in total. The number of carbonyl (C=O) groups is 1.